The molecule has 3 aromatic rings. The number of nitrogens with zero attached hydrogens (tertiary/aromatic N) is 3. The first-order valence-corrected chi connectivity index (χ1v) is 7.75. The maximum Gasteiger partial charge on any atom is 0.348 e. The van der Waals surface area contributed by atoms with Crippen LogP contribution in [0.4, 0.5) is 0 Å². The van der Waals surface area contributed by atoms with Gasteiger partial charge in [-0.1, -0.05) is 6.07 Å². The molecule has 0 saturated heterocycles. The van der Waals surface area contributed by atoms with Crippen LogP contribution < -0.4 is 5.32 Å². The van der Waals surface area contributed by atoms with E-state index in [1.54, 1.807) is 12.1 Å². The number of hydrogen-bond acceptors (Lipinski definition) is 6. The van der Waals surface area contributed by atoms with Crippen molar-refractivity contribution in [2.24, 2.45) is 0 Å². The summed E-state index contributed by atoms with van der Waals surface area (Å²) in [6.45, 7) is 0.431. The summed E-state index contributed by atoms with van der Waals surface area (Å²) in [4.78, 5) is 24.3. The molecular weight excluding hydrogens is 316 g/mol. The molecule has 7 nitrogen and oxygen atoms in total. The Kier molecular flexibility index (Phi) is 4.33. The minimum absolute atomic E-state index is 0.223. The van der Waals surface area contributed by atoms with Gasteiger partial charge in [-0.2, -0.15) is 0 Å². The van der Waals surface area contributed by atoms with Gasteiger partial charge in [-0.05, 0) is 24.3 Å². The van der Waals surface area contributed by atoms with Crippen molar-refractivity contribution >= 4 is 28.9 Å². The van der Waals surface area contributed by atoms with Crippen LogP contribution >= 0.6 is 11.3 Å². The highest BCUT2D eigenvalue weighted by Crippen LogP contribution is 2.17. The third kappa shape index (κ3) is 3.21. The maximum absolute atomic E-state index is 12.1. The molecule has 0 bridgehead atoms. The lowest BCUT2D eigenvalue weighted by Crippen LogP contribution is -2.25. The summed E-state index contributed by atoms with van der Waals surface area (Å²) in [6, 6.07) is 8.86. The molecule has 0 saturated carbocycles. The van der Waals surface area contributed by atoms with E-state index in [1.165, 1.54) is 7.11 Å². The molecule has 0 aliphatic heterocycles. The number of carbonyl (C=O) groups is 2. The van der Waals surface area contributed by atoms with Crippen molar-refractivity contribution in [2.45, 2.75) is 6.42 Å². The van der Waals surface area contributed by atoms with Gasteiger partial charge in [0, 0.05) is 19.2 Å². The molecule has 0 atom stereocenters. The number of methoxy groups -OCH3 is 1. The first kappa shape index (κ1) is 15.2. The largest absolute Gasteiger partial charge is 0.465 e. The second kappa shape index (κ2) is 6.57. The van der Waals surface area contributed by atoms with Crippen LogP contribution in [0, 0.1) is 0 Å². The van der Waals surface area contributed by atoms with E-state index >= 15 is 0 Å². The van der Waals surface area contributed by atoms with E-state index in [4.69, 9.17) is 0 Å². The number of nitrogens with one attached hydrogen (secondary N) is 1. The summed E-state index contributed by atoms with van der Waals surface area (Å²) in [5.41, 5.74) is 0.773. The molecule has 8 heteroatoms. The highest BCUT2D eigenvalue weighted by atomic mass is 32.1. The molecule has 1 N–H and O–H groups in total. The molecule has 0 fully saturated rings. The van der Waals surface area contributed by atoms with Gasteiger partial charge in [0.05, 0.1) is 12.0 Å². The number of thiophene rings is 1. The average molecular weight is 330 g/mol. The quantitative estimate of drug-likeness (QED) is 0.717. The molecule has 0 radical (unpaired) electrons. The molecule has 0 unspecified atom stereocenters. The monoisotopic (exact) mass is 330 g/mol. The number of pyridine rings is 1. The summed E-state index contributed by atoms with van der Waals surface area (Å²) in [5.74, 6) is 0.116. The topological polar surface area (TPSA) is 85.6 Å². The molecule has 3 heterocycles. The van der Waals surface area contributed by atoms with Crippen molar-refractivity contribution in [1.82, 2.24) is 19.9 Å². The van der Waals surface area contributed by atoms with E-state index in [-0.39, 0.29) is 5.91 Å². The molecule has 118 valence electrons. The van der Waals surface area contributed by atoms with E-state index in [1.807, 2.05) is 28.8 Å². The van der Waals surface area contributed by atoms with Crippen LogP contribution in [-0.4, -0.2) is 40.1 Å². The lowest BCUT2D eigenvalue weighted by Gasteiger charge is -2.02. The Morgan fingerprint density at radius 2 is 2.04 bits per heavy atom. The van der Waals surface area contributed by atoms with Crippen LogP contribution in [-0.2, 0) is 11.2 Å². The normalized spacial score (nSPS) is 10.7. The number of carbonyl (C=O) groups excluding carboxylic acids is 2. The van der Waals surface area contributed by atoms with E-state index in [2.05, 4.69) is 20.3 Å². The van der Waals surface area contributed by atoms with E-state index < -0.39 is 5.97 Å². The molecule has 1 amide bonds. The van der Waals surface area contributed by atoms with Crippen molar-refractivity contribution in [3.05, 3.63) is 52.1 Å². The third-order valence-electron chi connectivity index (χ3n) is 3.23. The number of amides is 1. The minimum atomic E-state index is -0.441. The van der Waals surface area contributed by atoms with Gasteiger partial charge in [-0.3, -0.25) is 9.20 Å². The smallest absolute Gasteiger partial charge is 0.348 e. The number of rotatable bonds is 5. The van der Waals surface area contributed by atoms with Crippen LogP contribution in [0.1, 0.15) is 25.2 Å². The minimum Gasteiger partial charge on any atom is -0.465 e. The SMILES string of the molecule is COC(=O)c1ccc(C(=O)NCCc2nnc3ccccn23)s1. The van der Waals surface area contributed by atoms with Gasteiger partial charge < -0.3 is 10.1 Å². The Bertz CT molecular complexity index is 855. The van der Waals surface area contributed by atoms with E-state index in [0.717, 1.165) is 22.8 Å². The Hall–Kier alpha value is -2.74. The molecule has 0 aromatic carbocycles. The fraction of sp³-hybridized carbons (Fsp3) is 0.200. The van der Waals surface area contributed by atoms with Crippen LogP contribution in [0.2, 0.25) is 0 Å². The summed E-state index contributed by atoms with van der Waals surface area (Å²) >= 11 is 1.10. The highest BCUT2D eigenvalue weighted by Gasteiger charge is 2.14. The van der Waals surface area contributed by atoms with E-state index in [9.17, 15) is 9.59 Å². The van der Waals surface area contributed by atoms with Crippen LogP contribution in [0.5, 0.6) is 0 Å². The molecule has 0 spiro atoms. The van der Waals surface area contributed by atoms with Gasteiger partial charge in [-0.15, -0.1) is 21.5 Å². The van der Waals surface area contributed by atoms with Gasteiger partial charge in [0.1, 0.15) is 10.7 Å². The highest BCUT2D eigenvalue weighted by molar-refractivity contribution is 7.15. The predicted molar refractivity (Wildman–Crippen MR) is 84.7 cm³/mol. The predicted octanol–water partition coefficient (Wildman–Crippen LogP) is 1.55. The van der Waals surface area contributed by atoms with Gasteiger partial charge in [0.15, 0.2) is 5.65 Å². The second-order valence-electron chi connectivity index (χ2n) is 4.71. The van der Waals surface area contributed by atoms with Crippen molar-refractivity contribution in [2.75, 3.05) is 13.7 Å². The number of aromatic nitrogens is 3. The fourth-order valence-electron chi connectivity index (χ4n) is 2.11. The van der Waals surface area contributed by atoms with Crippen LogP contribution in [0.25, 0.3) is 5.65 Å². The van der Waals surface area contributed by atoms with E-state index in [0.29, 0.717) is 22.7 Å². The summed E-state index contributed by atoms with van der Waals surface area (Å²) in [5, 5.41) is 11.0. The van der Waals surface area contributed by atoms with Gasteiger partial charge >= 0.3 is 5.97 Å². The molecule has 3 aromatic heterocycles. The Morgan fingerprint density at radius 3 is 2.87 bits per heavy atom. The Balaban J connectivity index is 1.59. The number of hydrogen-bond donors (Lipinski definition) is 1. The molecule has 3 rings (SSSR count). The zero-order valence-corrected chi connectivity index (χ0v) is 13.2. The summed E-state index contributed by atoms with van der Waals surface area (Å²) in [6.07, 6.45) is 2.44. The van der Waals surface area contributed by atoms with Crippen LogP contribution in [0.15, 0.2) is 36.5 Å². The zero-order chi connectivity index (χ0) is 16.2. The van der Waals surface area contributed by atoms with Crippen molar-refractivity contribution in [3.8, 4) is 0 Å². The number of esters is 1. The summed E-state index contributed by atoms with van der Waals surface area (Å²) < 4.78 is 6.50. The van der Waals surface area contributed by atoms with Crippen LogP contribution in [0.3, 0.4) is 0 Å². The fourth-order valence-corrected chi connectivity index (χ4v) is 2.95. The Labute approximate surface area is 135 Å². The lowest BCUT2D eigenvalue weighted by atomic mass is 10.3. The van der Waals surface area contributed by atoms with Crippen molar-refractivity contribution in [1.29, 1.82) is 0 Å². The molecule has 23 heavy (non-hydrogen) atoms. The van der Waals surface area contributed by atoms with Gasteiger partial charge in [0.25, 0.3) is 5.91 Å². The standard InChI is InChI=1S/C15H14N4O3S/c1-22-15(21)11-6-5-10(23-11)14(20)16-8-7-13-18-17-12-4-2-3-9-19(12)13/h2-6,9H,7-8H2,1H3,(H,16,20). The molecular formula is C15H14N4O3S. The zero-order valence-electron chi connectivity index (χ0n) is 12.4. The first-order valence-electron chi connectivity index (χ1n) is 6.94. The third-order valence-corrected chi connectivity index (χ3v) is 4.30. The Morgan fingerprint density at radius 1 is 1.22 bits per heavy atom. The lowest BCUT2D eigenvalue weighted by molar-refractivity contribution is 0.0606. The molecule has 0 aliphatic rings. The van der Waals surface area contributed by atoms with Gasteiger partial charge in [-0.25, -0.2) is 4.79 Å². The molecule has 0 aliphatic carbocycles. The van der Waals surface area contributed by atoms with Crippen molar-refractivity contribution < 1.29 is 14.3 Å². The van der Waals surface area contributed by atoms with Gasteiger partial charge in [0.2, 0.25) is 0 Å². The second-order valence-corrected chi connectivity index (χ2v) is 5.79. The number of ether oxygens (including phenoxy) is 1. The van der Waals surface area contributed by atoms with Crippen molar-refractivity contribution in [3.63, 3.8) is 0 Å². The number of fused-ring (bicyclic) bond motifs is 1. The first-order chi connectivity index (χ1) is 11.2. The maximum atomic E-state index is 12.1. The summed E-state index contributed by atoms with van der Waals surface area (Å²) in [7, 11) is 1.31. The average Bonchev–Trinajstić information content (AvgIpc) is 3.21.